The number of rotatable bonds is 5. The fraction of sp³-hybridized carbons (Fsp3) is 0.474. The van der Waals surface area contributed by atoms with Gasteiger partial charge in [-0.25, -0.2) is 4.98 Å². The molecule has 1 aliphatic heterocycles. The minimum absolute atomic E-state index is 0.155. The third-order valence-electron chi connectivity index (χ3n) is 4.65. The van der Waals surface area contributed by atoms with Gasteiger partial charge in [-0.15, -0.1) is 0 Å². The van der Waals surface area contributed by atoms with Gasteiger partial charge in [-0.2, -0.15) is 0 Å². The van der Waals surface area contributed by atoms with E-state index in [2.05, 4.69) is 4.98 Å². The lowest BCUT2D eigenvalue weighted by atomic mass is 10.0. The van der Waals surface area contributed by atoms with Gasteiger partial charge in [0.2, 0.25) is 5.91 Å². The van der Waals surface area contributed by atoms with Crippen LogP contribution >= 0.6 is 0 Å². The summed E-state index contributed by atoms with van der Waals surface area (Å²) < 4.78 is 5.88. The van der Waals surface area contributed by atoms with E-state index < -0.39 is 0 Å². The number of likely N-dealkylation sites (tertiary alicyclic amines) is 1. The molecule has 5 nitrogen and oxygen atoms in total. The van der Waals surface area contributed by atoms with Crippen molar-refractivity contribution >= 4 is 5.91 Å². The van der Waals surface area contributed by atoms with Gasteiger partial charge in [0.05, 0.1) is 5.69 Å². The molecule has 1 saturated heterocycles. The number of benzene rings is 1. The summed E-state index contributed by atoms with van der Waals surface area (Å²) in [6.45, 7) is 3.30. The molecular weight excluding hydrogens is 302 g/mol. The quantitative estimate of drug-likeness (QED) is 0.916. The summed E-state index contributed by atoms with van der Waals surface area (Å²) in [6, 6.07) is 10.1. The third-order valence-corrected chi connectivity index (χ3v) is 4.65. The molecule has 2 N–H and O–H groups in total. The van der Waals surface area contributed by atoms with Crippen LogP contribution in [0.2, 0.25) is 0 Å². The molecule has 0 spiro atoms. The van der Waals surface area contributed by atoms with Crippen LogP contribution in [0.3, 0.4) is 0 Å². The van der Waals surface area contributed by atoms with Crippen LogP contribution in [0.25, 0.3) is 11.3 Å². The van der Waals surface area contributed by atoms with Gasteiger partial charge >= 0.3 is 0 Å². The number of carbonyl (C=O) groups excluding carboxylic acids is 1. The van der Waals surface area contributed by atoms with Crippen molar-refractivity contribution < 1.29 is 9.21 Å². The van der Waals surface area contributed by atoms with E-state index >= 15 is 0 Å². The Kier molecular flexibility index (Phi) is 5.30. The van der Waals surface area contributed by atoms with Crippen LogP contribution in [-0.2, 0) is 11.2 Å². The molecule has 3 rings (SSSR count). The van der Waals surface area contributed by atoms with E-state index in [-0.39, 0.29) is 11.9 Å². The number of aromatic nitrogens is 1. The van der Waals surface area contributed by atoms with Crippen molar-refractivity contribution in [2.24, 2.45) is 5.73 Å². The molecule has 0 aliphatic carbocycles. The molecule has 1 aromatic heterocycles. The van der Waals surface area contributed by atoms with Crippen LogP contribution in [0, 0.1) is 6.92 Å². The Bertz CT molecular complexity index is 681. The first-order chi connectivity index (χ1) is 11.7. The zero-order valence-corrected chi connectivity index (χ0v) is 14.2. The zero-order valence-electron chi connectivity index (χ0n) is 14.2. The highest BCUT2D eigenvalue weighted by molar-refractivity contribution is 5.76. The molecule has 0 bridgehead atoms. The third kappa shape index (κ3) is 3.67. The monoisotopic (exact) mass is 327 g/mol. The van der Waals surface area contributed by atoms with Crippen LogP contribution in [0.4, 0.5) is 0 Å². The first kappa shape index (κ1) is 16.7. The van der Waals surface area contributed by atoms with Gasteiger partial charge in [0, 0.05) is 37.5 Å². The second-order valence-corrected chi connectivity index (χ2v) is 6.36. The zero-order chi connectivity index (χ0) is 16.9. The van der Waals surface area contributed by atoms with Crippen LogP contribution in [0.15, 0.2) is 34.7 Å². The SMILES string of the molecule is Cc1nc(CCC(=O)N2CCCCC2CN)oc1-c1ccccc1. The molecule has 0 saturated carbocycles. The maximum Gasteiger partial charge on any atom is 0.223 e. The normalized spacial score (nSPS) is 17.9. The summed E-state index contributed by atoms with van der Waals surface area (Å²) in [6.07, 6.45) is 4.19. The molecule has 1 atom stereocenters. The van der Waals surface area contributed by atoms with Crippen molar-refractivity contribution in [2.45, 2.75) is 45.1 Å². The summed E-state index contributed by atoms with van der Waals surface area (Å²) in [7, 11) is 0. The summed E-state index contributed by atoms with van der Waals surface area (Å²) >= 11 is 0. The van der Waals surface area contributed by atoms with Crippen LogP contribution in [-0.4, -0.2) is 34.9 Å². The number of hydrogen-bond acceptors (Lipinski definition) is 4. The molecule has 1 unspecified atom stereocenters. The molecule has 1 aromatic carbocycles. The van der Waals surface area contributed by atoms with Gasteiger partial charge in [0.1, 0.15) is 0 Å². The van der Waals surface area contributed by atoms with Crippen molar-refractivity contribution in [3.63, 3.8) is 0 Å². The van der Waals surface area contributed by atoms with E-state index in [0.29, 0.717) is 25.3 Å². The van der Waals surface area contributed by atoms with E-state index in [1.165, 1.54) is 0 Å². The summed E-state index contributed by atoms with van der Waals surface area (Å²) in [5, 5.41) is 0. The highest BCUT2D eigenvalue weighted by atomic mass is 16.4. The summed E-state index contributed by atoms with van der Waals surface area (Å²) in [5.74, 6) is 1.57. The predicted octanol–water partition coefficient (Wildman–Crippen LogP) is 2.92. The first-order valence-corrected chi connectivity index (χ1v) is 8.70. The molecule has 1 aliphatic rings. The minimum Gasteiger partial charge on any atom is -0.440 e. The number of aryl methyl sites for hydroxylation is 2. The number of nitrogens with zero attached hydrogens (tertiary/aromatic N) is 2. The maximum absolute atomic E-state index is 12.5. The lowest BCUT2D eigenvalue weighted by Gasteiger charge is -2.35. The van der Waals surface area contributed by atoms with Crippen LogP contribution < -0.4 is 5.73 Å². The van der Waals surface area contributed by atoms with Crippen molar-refractivity contribution in [2.75, 3.05) is 13.1 Å². The summed E-state index contributed by atoms with van der Waals surface area (Å²) in [4.78, 5) is 18.9. The smallest absolute Gasteiger partial charge is 0.223 e. The van der Waals surface area contributed by atoms with E-state index in [1.807, 2.05) is 42.2 Å². The number of nitrogens with two attached hydrogens (primary N) is 1. The lowest BCUT2D eigenvalue weighted by Crippen LogP contribution is -2.47. The van der Waals surface area contributed by atoms with E-state index in [1.54, 1.807) is 0 Å². The van der Waals surface area contributed by atoms with Gasteiger partial charge in [-0.1, -0.05) is 30.3 Å². The second-order valence-electron chi connectivity index (χ2n) is 6.36. The largest absolute Gasteiger partial charge is 0.440 e. The molecule has 2 aromatic rings. The molecule has 1 fully saturated rings. The Hall–Kier alpha value is -2.14. The van der Waals surface area contributed by atoms with Gasteiger partial charge in [0.25, 0.3) is 0 Å². The van der Waals surface area contributed by atoms with Crippen molar-refractivity contribution in [3.8, 4) is 11.3 Å². The lowest BCUT2D eigenvalue weighted by molar-refractivity contribution is -0.134. The molecule has 0 radical (unpaired) electrons. The number of carbonyl (C=O) groups is 1. The fourth-order valence-corrected chi connectivity index (χ4v) is 3.35. The number of hydrogen-bond donors (Lipinski definition) is 1. The average Bonchev–Trinajstić information content (AvgIpc) is 3.01. The Labute approximate surface area is 142 Å². The van der Waals surface area contributed by atoms with E-state index in [9.17, 15) is 4.79 Å². The molecule has 2 heterocycles. The molecule has 1 amide bonds. The highest BCUT2D eigenvalue weighted by Gasteiger charge is 2.25. The maximum atomic E-state index is 12.5. The average molecular weight is 327 g/mol. The topological polar surface area (TPSA) is 72.4 Å². The van der Waals surface area contributed by atoms with Crippen LogP contribution in [0.5, 0.6) is 0 Å². The molecule has 5 heteroatoms. The predicted molar refractivity (Wildman–Crippen MR) is 93.4 cm³/mol. The standard InChI is InChI=1S/C19H25N3O2/c1-14-19(15-7-3-2-4-8-15)24-17(21-14)10-11-18(23)22-12-6-5-9-16(22)13-20/h2-4,7-8,16H,5-6,9-13,20H2,1H3. The Morgan fingerprint density at radius 2 is 2.12 bits per heavy atom. The van der Waals surface area contributed by atoms with Gasteiger partial charge in [0.15, 0.2) is 11.7 Å². The Morgan fingerprint density at radius 1 is 1.33 bits per heavy atom. The van der Waals surface area contributed by atoms with Gasteiger partial charge in [-0.3, -0.25) is 4.79 Å². The van der Waals surface area contributed by atoms with Crippen LogP contribution in [0.1, 0.15) is 37.3 Å². The molecule has 128 valence electrons. The minimum atomic E-state index is 0.155. The van der Waals surface area contributed by atoms with Crippen molar-refractivity contribution in [1.29, 1.82) is 0 Å². The molecule has 24 heavy (non-hydrogen) atoms. The Balaban J connectivity index is 1.64. The van der Waals surface area contributed by atoms with Crippen molar-refractivity contribution in [3.05, 3.63) is 41.9 Å². The second kappa shape index (κ2) is 7.62. The highest BCUT2D eigenvalue weighted by Crippen LogP contribution is 2.25. The molecular formula is C19H25N3O2. The fourth-order valence-electron chi connectivity index (χ4n) is 3.35. The first-order valence-electron chi connectivity index (χ1n) is 8.70. The summed E-state index contributed by atoms with van der Waals surface area (Å²) in [5.41, 5.74) is 7.68. The van der Waals surface area contributed by atoms with Gasteiger partial charge in [-0.05, 0) is 26.2 Å². The number of oxazole rings is 1. The van der Waals surface area contributed by atoms with E-state index in [0.717, 1.165) is 42.8 Å². The number of amides is 1. The van der Waals surface area contributed by atoms with Crippen molar-refractivity contribution in [1.82, 2.24) is 9.88 Å². The Morgan fingerprint density at radius 3 is 2.88 bits per heavy atom. The van der Waals surface area contributed by atoms with Gasteiger partial charge < -0.3 is 15.1 Å². The number of piperidine rings is 1. The van der Waals surface area contributed by atoms with E-state index in [4.69, 9.17) is 10.2 Å².